The number of carbonyl (C=O) groups excluding carboxylic acids is 1. The van der Waals surface area contributed by atoms with E-state index in [2.05, 4.69) is 15.1 Å². The molecule has 0 bridgehead atoms. The molecular formula is C21H25Cl2N3O2. The number of piperazine rings is 1. The first-order valence-corrected chi connectivity index (χ1v) is 10.1. The van der Waals surface area contributed by atoms with Gasteiger partial charge >= 0.3 is 0 Å². The molecule has 0 spiro atoms. The average molecular weight is 422 g/mol. The van der Waals surface area contributed by atoms with Gasteiger partial charge in [-0.2, -0.15) is 0 Å². The molecule has 0 aromatic heterocycles. The third-order valence-electron chi connectivity index (χ3n) is 4.93. The summed E-state index contributed by atoms with van der Waals surface area (Å²) >= 11 is 12.3. The number of benzene rings is 2. The molecule has 150 valence electrons. The van der Waals surface area contributed by atoms with Crippen LogP contribution in [0.2, 0.25) is 10.0 Å². The summed E-state index contributed by atoms with van der Waals surface area (Å²) in [7, 11) is 1.61. The predicted octanol–water partition coefficient (Wildman–Crippen LogP) is 3.55. The summed E-state index contributed by atoms with van der Waals surface area (Å²) in [6.45, 7) is 6.15. The molecule has 1 fully saturated rings. The Hall–Kier alpha value is -1.79. The molecule has 28 heavy (non-hydrogen) atoms. The minimum atomic E-state index is -0.0584. The summed E-state index contributed by atoms with van der Waals surface area (Å²) in [5, 5.41) is 4.45. The maximum Gasteiger partial charge on any atom is 0.251 e. The van der Waals surface area contributed by atoms with E-state index in [0.29, 0.717) is 17.1 Å². The largest absolute Gasteiger partial charge is 0.497 e. The van der Waals surface area contributed by atoms with Crippen LogP contribution in [0.15, 0.2) is 42.5 Å². The number of halogens is 2. The van der Waals surface area contributed by atoms with E-state index in [0.717, 1.165) is 55.6 Å². The van der Waals surface area contributed by atoms with E-state index in [-0.39, 0.29) is 5.91 Å². The highest BCUT2D eigenvalue weighted by Crippen LogP contribution is 2.22. The molecule has 1 heterocycles. The molecule has 0 radical (unpaired) electrons. The predicted molar refractivity (Wildman–Crippen MR) is 114 cm³/mol. The minimum absolute atomic E-state index is 0.0584. The molecule has 2 aromatic carbocycles. The van der Waals surface area contributed by atoms with Crippen LogP contribution in [-0.4, -0.2) is 62.1 Å². The highest BCUT2D eigenvalue weighted by molar-refractivity contribution is 6.33. The Morgan fingerprint density at radius 1 is 1.04 bits per heavy atom. The summed E-state index contributed by atoms with van der Waals surface area (Å²) in [5.74, 6) is 0.686. The highest BCUT2D eigenvalue weighted by Gasteiger charge is 2.18. The van der Waals surface area contributed by atoms with Crippen LogP contribution < -0.4 is 10.1 Å². The maximum absolute atomic E-state index is 12.2. The summed E-state index contributed by atoms with van der Waals surface area (Å²) in [6.07, 6.45) is 0. The van der Waals surface area contributed by atoms with E-state index < -0.39 is 0 Å². The Labute approximate surface area is 176 Å². The van der Waals surface area contributed by atoms with Crippen LogP contribution in [0.3, 0.4) is 0 Å². The summed E-state index contributed by atoms with van der Waals surface area (Å²) in [5.41, 5.74) is 1.71. The van der Waals surface area contributed by atoms with Crippen molar-refractivity contribution >= 4 is 29.1 Å². The number of hydrogen-bond acceptors (Lipinski definition) is 4. The second-order valence-corrected chi connectivity index (χ2v) is 7.68. The molecule has 3 rings (SSSR count). The van der Waals surface area contributed by atoms with Crippen LogP contribution in [-0.2, 0) is 6.54 Å². The average Bonchev–Trinajstić information content (AvgIpc) is 2.72. The van der Waals surface area contributed by atoms with Crippen LogP contribution in [0.5, 0.6) is 5.75 Å². The Morgan fingerprint density at radius 3 is 2.39 bits per heavy atom. The first kappa shape index (κ1) is 20.9. The number of ether oxygens (including phenoxy) is 1. The van der Waals surface area contributed by atoms with Crippen molar-refractivity contribution in [3.8, 4) is 5.75 Å². The number of amides is 1. The van der Waals surface area contributed by atoms with Crippen LogP contribution in [0.4, 0.5) is 0 Å². The van der Waals surface area contributed by atoms with Gasteiger partial charge in [0.2, 0.25) is 0 Å². The molecule has 7 heteroatoms. The lowest BCUT2D eigenvalue weighted by Crippen LogP contribution is -2.48. The molecule has 1 N–H and O–H groups in total. The molecule has 0 atom stereocenters. The normalized spacial score (nSPS) is 15.4. The fraction of sp³-hybridized carbons (Fsp3) is 0.381. The van der Waals surface area contributed by atoms with Gasteiger partial charge in [0.25, 0.3) is 5.91 Å². The number of nitrogens with zero attached hydrogens (tertiary/aromatic N) is 2. The first-order valence-electron chi connectivity index (χ1n) is 9.36. The smallest absolute Gasteiger partial charge is 0.251 e. The van der Waals surface area contributed by atoms with Crippen molar-refractivity contribution in [2.24, 2.45) is 0 Å². The molecule has 1 aliphatic heterocycles. The van der Waals surface area contributed by atoms with Crippen molar-refractivity contribution in [3.63, 3.8) is 0 Å². The van der Waals surface area contributed by atoms with Gasteiger partial charge in [0.15, 0.2) is 0 Å². The van der Waals surface area contributed by atoms with Gasteiger partial charge in [0.05, 0.1) is 7.11 Å². The van der Waals surface area contributed by atoms with E-state index in [1.54, 1.807) is 31.4 Å². The van der Waals surface area contributed by atoms with Crippen LogP contribution in [0.1, 0.15) is 15.9 Å². The molecule has 5 nitrogen and oxygen atoms in total. The Balaban J connectivity index is 1.38. The van der Waals surface area contributed by atoms with Crippen molar-refractivity contribution < 1.29 is 9.53 Å². The van der Waals surface area contributed by atoms with Gasteiger partial charge in [-0.15, -0.1) is 0 Å². The van der Waals surface area contributed by atoms with Gasteiger partial charge < -0.3 is 10.1 Å². The van der Waals surface area contributed by atoms with Crippen molar-refractivity contribution in [2.75, 3.05) is 46.4 Å². The zero-order chi connectivity index (χ0) is 19.9. The SMILES string of the molecule is COc1ccc(C(=O)NCCN2CCN(Cc3cc(Cl)ccc3Cl)CC2)cc1. The zero-order valence-corrected chi connectivity index (χ0v) is 17.5. The number of methoxy groups -OCH3 is 1. The molecular weight excluding hydrogens is 397 g/mol. The minimum Gasteiger partial charge on any atom is -0.497 e. The number of nitrogens with one attached hydrogen (secondary N) is 1. The lowest BCUT2D eigenvalue weighted by atomic mass is 10.2. The monoisotopic (exact) mass is 421 g/mol. The lowest BCUT2D eigenvalue weighted by molar-refractivity contribution is 0.0934. The third-order valence-corrected chi connectivity index (χ3v) is 5.54. The lowest BCUT2D eigenvalue weighted by Gasteiger charge is -2.34. The zero-order valence-electron chi connectivity index (χ0n) is 16.0. The van der Waals surface area contributed by atoms with E-state index in [9.17, 15) is 4.79 Å². The number of hydrogen-bond donors (Lipinski definition) is 1. The van der Waals surface area contributed by atoms with Gasteiger partial charge in [-0.3, -0.25) is 14.6 Å². The Bertz CT molecular complexity index is 791. The molecule has 0 aliphatic carbocycles. The van der Waals surface area contributed by atoms with Crippen LogP contribution in [0.25, 0.3) is 0 Å². The molecule has 0 unspecified atom stereocenters. The second-order valence-electron chi connectivity index (χ2n) is 6.84. The highest BCUT2D eigenvalue weighted by atomic mass is 35.5. The molecule has 2 aromatic rings. The van der Waals surface area contributed by atoms with Crippen molar-refractivity contribution in [1.82, 2.24) is 15.1 Å². The van der Waals surface area contributed by atoms with E-state index in [1.807, 2.05) is 18.2 Å². The molecule has 1 aliphatic rings. The fourth-order valence-corrected chi connectivity index (χ4v) is 3.62. The fourth-order valence-electron chi connectivity index (χ4n) is 3.25. The quantitative estimate of drug-likeness (QED) is 0.742. The number of carbonyl (C=O) groups is 1. The molecule has 0 saturated carbocycles. The number of rotatable bonds is 7. The van der Waals surface area contributed by atoms with Gasteiger partial charge in [0, 0.05) is 61.4 Å². The first-order chi connectivity index (χ1) is 13.5. The molecule has 1 amide bonds. The Kier molecular flexibility index (Phi) is 7.57. The van der Waals surface area contributed by atoms with Crippen molar-refractivity contribution in [1.29, 1.82) is 0 Å². The summed E-state index contributed by atoms with van der Waals surface area (Å²) in [4.78, 5) is 16.9. The van der Waals surface area contributed by atoms with Gasteiger partial charge in [-0.05, 0) is 48.0 Å². The summed E-state index contributed by atoms with van der Waals surface area (Å²) < 4.78 is 5.11. The van der Waals surface area contributed by atoms with Gasteiger partial charge in [0.1, 0.15) is 5.75 Å². The Morgan fingerprint density at radius 2 is 1.71 bits per heavy atom. The van der Waals surface area contributed by atoms with E-state index in [1.165, 1.54) is 0 Å². The summed E-state index contributed by atoms with van der Waals surface area (Å²) in [6, 6.07) is 12.7. The van der Waals surface area contributed by atoms with Crippen molar-refractivity contribution in [2.45, 2.75) is 6.54 Å². The van der Waals surface area contributed by atoms with E-state index in [4.69, 9.17) is 27.9 Å². The molecule has 1 saturated heterocycles. The van der Waals surface area contributed by atoms with Gasteiger partial charge in [-0.25, -0.2) is 0 Å². The van der Waals surface area contributed by atoms with E-state index >= 15 is 0 Å². The maximum atomic E-state index is 12.2. The second kappa shape index (κ2) is 10.1. The standard InChI is InChI=1S/C21H25Cl2N3O2/c1-28-19-5-2-16(3-6-19)21(27)24-8-9-25-10-12-26(13-11-25)15-17-14-18(22)4-7-20(17)23/h2-7,14H,8-13,15H2,1H3,(H,24,27). The van der Waals surface area contributed by atoms with Crippen LogP contribution in [0, 0.1) is 0 Å². The van der Waals surface area contributed by atoms with Gasteiger partial charge in [-0.1, -0.05) is 23.2 Å². The van der Waals surface area contributed by atoms with Crippen molar-refractivity contribution in [3.05, 3.63) is 63.6 Å². The topological polar surface area (TPSA) is 44.8 Å². The third kappa shape index (κ3) is 5.85. The van der Waals surface area contributed by atoms with Crippen LogP contribution >= 0.6 is 23.2 Å².